The lowest BCUT2D eigenvalue weighted by molar-refractivity contribution is -0.163. The molecule has 10 nitrogen and oxygen atoms in total. The van der Waals surface area contributed by atoms with E-state index in [0.717, 1.165) is 5.56 Å². The second kappa shape index (κ2) is 10.7. The Labute approximate surface area is 214 Å². The molecule has 2 saturated heterocycles. The van der Waals surface area contributed by atoms with Crippen LogP contribution in [-0.4, -0.2) is 83.6 Å². The highest BCUT2D eigenvalue weighted by Gasteiger charge is 2.60. The molecule has 2 amide bonds. The number of carbonyl (C=O) groups is 3. The summed E-state index contributed by atoms with van der Waals surface area (Å²) in [6.45, 7) is 4.49. The number of nitrogens with one attached hydrogen (secondary N) is 2. The van der Waals surface area contributed by atoms with Gasteiger partial charge in [0.2, 0.25) is 11.8 Å². The Kier molecular flexibility index (Phi) is 7.82. The van der Waals surface area contributed by atoms with Crippen LogP contribution in [0.15, 0.2) is 28.8 Å². The van der Waals surface area contributed by atoms with Crippen molar-refractivity contribution in [2.45, 2.75) is 50.1 Å². The maximum Gasteiger partial charge on any atom is 0.353 e. The second-order valence-electron chi connectivity index (χ2n) is 9.44. The number of β-lactam (4-membered cyclic amide) rings is 1. The molecule has 3 heterocycles. The van der Waals surface area contributed by atoms with Gasteiger partial charge in [-0.15, -0.1) is 11.8 Å². The van der Waals surface area contributed by atoms with Gasteiger partial charge < -0.3 is 35.2 Å². The minimum Gasteiger partial charge on any atom is -0.493 e. The number of aliphatic hydroxyl groups is 1. The minimum atomic E-state index is -1.14. The fraction of sp³-hybridized carbons (Fsp3) is 0.560. The molecule has 6 atom stereocenters. The predicted molar refractivity (Wildman–Crippen MR) is 134 cm³/mol. The number of carbonyl (C=O) groups excluding carboxylic acids is 2. The summed E-state index contributed by atoms with van der Waals surface area (Å²) in [6, 6.07) is 4.94. The van der Waals surface area contributed by atoms with Crippen molar-refractivity contribution >= 4 is 29.5 Å². The van der Waals surface area contributed by atoms with Crippen molar-refractivity contribution in [3.8, 4) is 11.5 Å². The van der Waals surface area contributed by atoms with E-state index in [9.17, 15) is 24.6 Å². The first kappa shape index (κ1) is 26.3. The molecular formula is C25H33N3O7S. The molecule has 3 aliphatic heterocycles. The van der Waals surface area contributed by atoms with Gasteiger partial charge in [0, 0.05) is 29.2 Å². The van der Waals surface area contributed by atoms with E-state index in [1.54, 1.807) is 21.1 Å². The average molecular weight is 520 g/mol. The fourth-order valence-electron chi connectivity index (χ4n) is 5.34. The molecule has 0 spiro atoms. The third-order valence-electron chi connectivity index (χ3n) is 7.17. The third-order valence-corrected chi connectivity index (χ3v) is 8.68. The third kappa shape index (κ3) is 4.79. The van der Waals surface area contributed by atoms with Gasteiger partial charge in [0.05, 0.1) is 38.3 Å². The molecule has 196 valence electrons. The molecule has 4 rings (SSSR count). The van der Waals surface area contributed by atoms with Gasteiger partial charge in [-0.3, -0.25) is 9.59 Å². The molecule has 1 aromatic carbocycles. The highest BCUT2D eigenvalue weighted by Crippen LogP contribution is 2.51. The molecule has 1 aromatic rings. The normalized spacial score (nSPS) is 28.0. The van der Waals surface area contributed by atoms with Gasteiger partial charge in [-0.2, -0.15) is 0 Å². The quantitative estimate of drug-likeness (QED) is 0.333. The van der Waals surface area contributed by atoms with E-state index in [4.69, 9.17) is 9.47 Å². The second-order valence-corrected chi connectivity index (χ2v) is 10.8. The number of rotatable bonds is 10. The van der Waals surface area contributed by atoms with Gasteiger partial charge in [-0.25, -0.2) is 4.79 Å². The molecule has 4 unspecified atom stereocenters. The van der Waals surface area contributed by atoms with Crippen LogP contribution in [-0.2, 0) is 20.8 Å². The lowest BCUT2D eigenvalue weighted by Crippen LogP contribution is -2.63. The molecule has 2 fully saturated rings. The van der Waals surface area contributed by atoms with E-state index in [2.05, 4.69) is 10.6 Å². The summed E-state index contributed by atoms with van der Waals surface area (Å²) in [7, 11) is 3.16. The number of hydrogen-bond acceptors (Lipinski definition) is 8. The summed E-state index contributed by atoms with van der Waals surface area (Å²) in [5.41, 5.74) is 1.03. The number of aliphatic hydroxyl groups excluding tert-OH is 1. The van der Waals surface area contributed by atoms with Gasteiger partial charge in [-0.05, 0) is 37.5 Å². The zero-order valence-corrected chi connectivity index (χ0v) is 21.6. The molecule has 0 saturated carbocycles. The Morgan fingerprint density at radius 2 is 2.00 bits per heavy atom. The summed E-state index contributed by atoms with van der Waals surface area (Å²) in [4.78, 5) is 39.2. The number of thioether (sulfide) groups is 1. The molecule has 0 bridgehead atoms. The van der Waals surface area contributed by atoms with Crippen molar-refractivity contribution in [2.24, 2.45) is 11.8 Å². The number of amides is 2. The van der Waals surface area contributed by atoms with Gasteiger partial charge in [0.1, 0.15) is 5.70 Å². The number of fused-ring (bicyclic) bond motifs is 1. The number of nitrogens with zero attached hydrogens (tertiary/aromatic N) is 1. The first-order chi connectivity index (χ1) is 17.2. The van der Waals surface area contributed by atoms with Crippen molar-refractivity contribution in [1.82, 2.24) is 15.5 Å². The Hall–Kier alpha value is -2.76. The zero-order valence-electron chi connectivity index (χ0n) is 20.8. The lowest BCUT2D eigenvalue weighted by atomic mass is 9.79. The van der Waals surface area contributed by atoms with Crippen molar-refractivity contribution in [1.29, 1.82) is 0 Å². The molecule has 0 aliphatic carbocycles. The standard InChI is InChI=1S/C25H33N3O7S/c1-12-20-19(13(2)29)24(31)28(20)21(25(32)33)22(12)36-15-10-16(27-11-15)23(30)26-8-7-14-5-6-17(34-3)18(9-14)35-4/h5-6,9,12-13,15-16,19-20,27,29H,7-8,10-11H2,1-4H3,(H,26,30)(H,32,33)/t12-,13?,15?,16?,19-,20?/m1/s1. The van der Waals surface area contributed by atoms with Crippen molar-refractivity contribution in [2.75, 3.05) is 27.3 Å². The van der Waals surface area contributed by atoms with Crippen LogP contribution in [0.1, 0.15) is 25.8 Å². The lowest BCUT2D eigenvalue weighted by Gasteiger charge is -2.46. The molecule has 4 N–H and O–H groups in total. The van der Waals surface area contributed by atoms with Crippen LogP contribution in [0.25, 0.3) is 0 Å². The SMILES string of the molecule is COc1ccc(CCNC(=O)C2CC(SC3=C(C(=O)O)N4C(=O)[C@H](C(C)O)C4[C@H]3C)CN2)cc1OC. The number of hydrogen-bond donors (Lipinski definition) is 4. The smallest absolute Gasteiger partial charge is 0.353 e. The molecule has 11 heteroatoms. The minimum absolute atomic E-state index is 0.00259. The molecular weight excluding hydrogens is 486 g/mol. The fourth-order valence-corrected chi connectivity index (χ4v) is 6.82. The Bertz CT molecular complexity index is 1080. The summed E-state index contributed by atoms with van der Waals surface area (Å²) in [5, 5.41) is 26.0. The predicted octanol–water partition coefficient (Wildman–Crippen LogP) is 0.980. The Morgan fingerprint density at radius 3 is 2.64 bits per heavy atom. The molecule has 3 aliphatic rings. The monoisotopic (exact) mass is 519 g/mol. The first-order valence-electron chi connectivity index (χ1n) is 12.0. The van der Waals surface area contributed by atoms with Crippen LogP contribution < -0.4 is 20.1 Å². The maximum absolute atomic E-state index is 12.7. The largest absolute Gasteiger partial charge is 0.493 e. The van der Waals surface area contributed by atoms with E-state index < -0.39 is 18.0 Å². The van der Waals surface area contributed by atoms with Gasteiger partial charge in [0.25, 0.3) is 0 Å². The van der Waals surface area contributed by atoms with Gasteiger partial charge >= 0.3 is 5.97 Å². The number of aliphatic carboxylic acids is 1. The van der Waals surface area contributed by atoms with Crippen molar-refractivity contribution in [3.05, 3.63) is 34.4 Å². The molecule has 0 radical (unpaired) electrons. The zero-order chi connectivity index (χ0) is 26.1. The van der Waals surface area contributed by atoms with Gasteiger partial charge in [0.15, 0.2) is 11.5 Å². The van der Waals surface area contributed by atoms with Crippen LogP contribution >= 0.6 is 11.8 Å². The van der Waals surface area contributed by atoms with E-state index >= 15 is 0 Å². The van der Waals surface area contributed by atoms with E-state index in [0.29, 0.717) is 42.3 Å². The Morgan fingerprint density at radius 1 is 1.28 bits per heavy atom. The van der Waals surface area contributed by atoms with Crippen LogP contribution in [0.4, 0.5) is 0 Å². The topological polar surface area (TPSA) is 137 Å². The van der Waals surface area contributed by atoms with Crippen LogP contribution in [0.3, 0.4) is 0 Å². The van der Waals surface area contributed by atoms with E-state index in [1.165, 1.54) is 16.7 Å². The van der Waals surface area contributed by atoms with E-state index in [-0.39, 0.29) is 40.8 Å². The van der Waals surface area contributed by atoms with Crippen LogP contribution in [0.2, 0.25) is 0 Å². The van der Waals surface area contributed by atoms with Crippen LogP contribution in [0, 0.1) is 11.8 Å². The van der Waals surface area contributed by atoms with Crippen molar-refractivity contribution in [3.63, 3.8) is 0 Å². The highest BCUT2D eigenvalue weighted by molar-refractivity contribution is 8.03. The molecule has 0 aromatic heterocycles. The number of carboxylic acids is 1. The molecule has 36 heavy (non-hydrogen) atoms. The average Bonchev–Trinajstić information content (AvgIpc) is 3.40. The number of methoxy groups -OCH3 is 2. The summed E-state index contributed by atoms with van der Waals surface area (Å²) >= 11 is 1.43. The first-order valence-corrected chi connectivity index (χ1v) is 12.9. The number of benzene rings is 1. The van der Waals surface area contributed by atoms with E-state index in [1.807, 2.05) is 25.1 Å². The van der Waals surface area contributed by atoms with Crippen LogP contribution in [0.5, 0.6) is 11.5 Å². The summed E-state index contributed by atoms with van der Waals surface area (Å²) in [6.07, 6.45) is 0.355. The summed E-state index contributed by atoms with van der Waals surface area (Å²) in [5.74, 6) is -1.06. The summed E-state index contributed by atoms with van der Waals surface area (Å²) < 4.78 is 10.6. The highest BCUT2D eigenvalue weighted by atomic mass is 32.2. The maximum atomic E-state index is 12.7. The number of ether oxygens (including phenoxy) is 2. The number of carboxylic acid groups (broad SMARTS) is 1. The van der Waals surface area contributed by atoms with Gasteiger partial charge in [-0.1, -0.05) is 13.0 Å². The van der Waals surface area contributed by atoms with Crippen molar-refractivity contribution < 1.29 is 34.1 Å². The Balaban J connectivity index is 1.32.